The van der Waals surface area contributed by atoms with E-state index in [2.05, 4.69) is 10.3 Å². The number of anilines is 1. The van der Waals surface area contributed by atoms with Crippen molar-refractivity contribution in [1.29, 1.82) is 0 Å². The van der Waals surface area contributed by atoms with Gasteiger partial charge < -0.3 is 10.4 Å². The van der Waals surface area contributed by atoms with Gasteiger partial charge in [0.1, 0.15) is 22.9 Å². The summed E-state index contributed by atoms with van der Waals surface area (Å²) >= 11 is 5.72. The molecule has 0 fully saturated rings. The molecule has 0 aliphatic rings. The lowest BCUT2D eigenvalue weighted by Gasteiger charge is -2.14. The second-order valence-corrected chi connectivity index (χ2v) is 6.71. The van der Waals surface area contributed by atoms with Gasteiger partial charge in [-0.25, -0.2) is 13.8 Å². The van der Waals surface area contributed by atoms with Crippen LogP contribution in [0.5, 0.6) is 5.75 Å². The molecule has 150 valence electrons. The molecule has 6 nitrogen and oxygen atoms in total. The Bertz CT molecular complexity index is 1370. The Hall–Kier alpha value is -3.78. The highest BCUT2D eigenvalue weighted by molar-refractivity contribution is 6.31. The molecule has 0 saturated carbocycles. The van der Waals surface area contributed by atoms with Crippen LogP contribution in [0.15, 0.2) is 65.6 Å². The number of halogens is 3. The van der Waals surface area contributed by atoms with Crippen LogP contribution in [0.3, 0.4) is 0 Å². The van der Waals surface area contributed by atoms with Gasteiger partial charge in [0.25, 0.3) is 11.5 Å². The molecule has 2 aromatic heterocycles. The molecular weight excluding hydrogens is 416 g/mol. The molecule has 4 aromatic rings. The molecule has 4 rings (SSSR count). The largest absolute Gasteiger partial charge is 0.506 e. The summed E-state index contributed by atoms with van der Waals surface area (Å²) in [4.78, 5) is 30.1. The quantitative estimate of drug-likeness (QED) is 0.511. The predicted molar refractivity (Wildman–Crippen MR) is 108 cm³/mol. The van der Waals surface area contributed by atoms with E-state index in [-0.39, 0.29) is 27.4 Å². The van der Waals surface area contributed by atoms with Crippen molar-refractivity contribution in [2.75, 3.05) is 5.32 Å². The molecule has 30 heavy (non-hydrogen) atoms. The Morgan fingerprint density at radius 1 is 1.10 bits per heavy atom. The molecule has 0 saturated heterocycles. The number of nitrogens with zero attached hydrogens (tertiary/aromatic N) is 2. The maximum Gasteiger partial charge on any atom is 0.273 e. The van der Waals surface area contributed by atoms with E-state index in [1.807, 2.05) is 0 Å². The van der Waals surface area contributed by atoms with E-state index in [1.165, 1.54) is 48.7 Å². The molecule has 0 spiro atoms. The number of hydrogen-bond acceptors (Lipinski definition) is 4. The maximum atomic E-state index is 13.8. The number of aromatic hydroxyl groups is 1. The molecule has 2 N–H and O–H groups in total. The van der Waals surface area contributed by atoms with Crippen LogP contribution in [0.4, 0.5) is 14.5 Å². The van der Waals surface area contributed by atoms with Crippen LogP contribution < -0.4 is 10.9 Å². The molecule has 1 amide bonds. The van der Waals surface area contributed by atoms with E-state index in [1.54, 1.807) is 0 Å². The number of carbonyl (C=O) groups is 1. The number of benzene rings is 2. The zero-order chi connectivity index (χ0) is 21.4. The summed E-state index contributed by atoms with van der Waals surface area (Å²) in [6, 6.07) is 11.6. The van der Waals surface area contributed by atoms with Gasteiger partial charge >= 0.3 is 0 Å². The van der Waals surface area contributed by atoms with E-state index in [0.717, 1.165) is 16.7 Å². The minimum absolute atomic E-state index is 0.0481. The van der Waals surface area contributed by atoms with Gasteiger partial charge in [0.15, 0.2) is 5.65 Å². The third kappa shape index (κ3) is 3.37. The number of aromatic nitrogens is 2. The Labute approximate surface area is 173 Å². The van der Waals surface area contributed by atoms with E-state index in [0.29, 0.717) is 0 Å². The van der Waals surface area contributed by atoms with Crippen molar-refractivity contribution in [2.45, 2.75) is 0 Å². The number of amides is 1. The van der Waals surface area contributed by atoms with Gasteiger partial charge in [-0.15, -0.1) is 0 Å². The van der Waals surface area contributed by atoms with Crippen LogP contribution in [0, 0.1) is 11.6 Å². The van der Waals surface area contributed by atoms with Crippen LogP contribution in [0.2, 0.25) is 5.02 Å². The number of rotatable bonds is 3. The fraction of sp³-hybridized carbons (Fsp3) is 0. The van der Waals surface area contributed by atoms with Crippen LogP contribution in [0.1, 0.15) is 10.4 Å². The summed E-state index contributed by atoms with van der Waals surface area (Å²) in [6.07, 6.45) is 1.40. The molecule has 0 aliphatic heterocycles. The zero-order valence-corrected chi connectivity index (χ0v) is 15.8. The smallest absolute Gasteiger partial charge is 0.273 e. The van der Waals surface area contributed by atoms with Gasteiger partial charge in [0.2, 0.25) is 0 Å². The summed E-state index contributed by atoms with van der Waals surface area (Å²) in [5, 5.41) is 12.9. The summed E-state index contributed by atoms with van der Waals surface area (Å²) < 4.78 is 28.2. The highest BCUT2D eigenvalue weighted by atomic mass is 35.5. The molecule has 2 aromatic carbocycles. The molecule has 0 bridgehead atoms. The van der Waals surface area contributed by atoms with Crippen LogP contribution >= 0.6 is 11.6 Å². The Morgan fingerprint density at radius 3 is 2.63 bits per heavy atom. The van der Waals surface area contributed by atoms with Crippen LogP contribution in [-0.4, -0.2) is 20.6 Å². The van der Waals surface area contributed by atoms with Crippen molar-refractivity contribution in [1.82, 2.24) is 9.55 Å². The van der Waals surface area contributed by atoms with Gasteiger partial charge in [-0.2, -0.15) is 0 Å². The lowest BCUT2D eigenvalue weighted by molar-refractivity contribution is 0.102. The second kappa shape index (κ2) is 7.57. The number of pyridine rings is 2. The van der Waals surface area contributed by atoms with E-state index >= 15 is 0 Å². The number of nitrogens with one attached hydrogen (secondary N) is 1. The first-order valence-electron chi connectivity index (χ1n) is 8.62. The molecule has 9 heteroatoms. The summed E-state index contributed by atoms with van der Waals surface area (Å²) in [5.74, 6) is -2.80. The third-order valence-corrected chi connectivity index (χ3v) is 4.67. The van der Waals surface area contributed by atoms with Crippen molar-refractivity contribution in [3.63, 3.8) is 0 Å². The average Bonchev–Trinajstić information content (AvgIpc) is 2.71. The average molecular weight is 428 g/mol. The maximum absolute atomic E-state index is 13.8. The molecule has 0 aliphatic carbocycles. The zero-order valence-electron chi connectivity index (χ0n) is 15.1. The van der Waals surface area contributed by atoms with Gasteiger partial charge in [0, 0.05) is 11.9 Å². The highest BCUT2D eigenvalue weighted by Crippen LogP contribution is 2.28. The monoisotopic (exact) mass is 427 g/mol. The summed E-state index contributed by atoms with van der Waals surface area (Å²) in [6.45, 7) is 0. The highest BCUT2D eigenvalue weighted by Gasteiger charge is 2.24. The van der Waals surface area contributed by atoms with Crippen molar-refractivity contribution in [3.05, 3.63) is 93.4 Å². The van der Waals surface area contributed by atoms with Crippen LogP contribution in [0.25, 0.3) is 16.7 Å². The van der Waals surface area contributed by atoms with E-state index in [4.69, 9.17) is 11.6 Å². The third-order valence-electron chi connectivity index (χ3n) is 4.38. The van der Waals surface area contributed by atoms with Crippen molar-refractivity contribution in [2.24, 2.45) is 0 Å². The first-order chi connectivity index (χ1) is 14.4. The Morgan fingerprint density at radius 2 is 1.90 bits per heavy atom. The van der Waals surface area contributed by atoms with Crippen molar-refractivity contribution < 1.29 is 18.7 Å². The fourth-order valence-corrected chi connectivity index (χ4v) is 3.21. The van der Waals surface area contributed by atoms with Gasteiger partial charge in [-0.1, -0.05) is 17.7 Å². The van der Waals surface area contributed by atoms with E-state index < -0.39 is 34.4 Å². The first kappa shape index (κ1) is 19.5. The fourth-order valence-electron chi connectivity index (χ4n) is 3.03. The minimum atomic E-state index is -0.948. The van der Waals surface area contributed by atoms with E-state index in [9.17, 15) is 23.5 Å². The first-order valence-corrected chi connectivity index (χ1v) is 8.99. The Balaban J connectivity index is 1.93. The molecule has 0 unspecified atom stereocenters. The minimum Gasteiger partial charge on any atom is -0.506 e. The molecule has 2 heterocycles. The standard InChI is InChI=1S/C21H12ClF2N3O3/c22-15-10-12(6-7-16(15)24)26-20(29)17-18(28)14-5-2-8-25-19(14)27(21(17)30)13-4-1-3-11(23)9-13/h1-10,28H,(H,26,29). The van der Waals surface area contributed by atoms with Crippen LogP contribution in [-0.2, 0) is 0 Å². The molecule has 0 radical (unpaired) electrons. The summed E-state index contributed by atoms with van der Waals surface area (Å²) in [7, 11) is 0. The normalized spacial score (nSPS) is 10.9. The number of fused-ring (bicyclic) bond motifs is 1. The number of hydrogen-bond donors (Lipinski definition) is 2. The van der Waals surface area contributed by atoms with Gasteiger partial charge in [0.05, 0.1) is 16.1 Å². The van der Waals surface area contributed by atoms with Crippen molar-refractivity contribution in [3.8, 4) is 11.4 Å². The predicted octanol–water partition coefficient (Wildman–Crippen LogP) is 4.28. The Kier molecular flexibility index (Phi) is 4.93. The second-order valence-electron chi connectivity index (χ2n) is 6.30. The molecule has 0 atom stereocenters. The lowest BCUT2D eigenvalue weighted by Crippen LogP contribution is -2.29. The van der Waals surface area contributed by atoms with Gasteiger partial charge in [-0.3, -0.25) is 14.2 Å². The SMILES string of the molecule is O=C(Nc1ccc(F)c(Cl)c1)c1c(O)c2cccnc2n(-c2cccc(F)c2)c1=O. The number of carbonyl (C=O) groups excluding carboxylic acids is 1. The van der Waals surface area contributed by atoms with Crippen molar-refractivity contribution >= 4 is 34.2 Å². The molecular formula is C21H12ClF2N3O3. The van der Waals surface area contributed by atoms with Gasteiger partial charge in [-0.05, 0) is 48.5 Å². The summed E-state index contributed by atoms with van der Waals surface area (Å²) in [5.41, 5.74) is -1.20. The topological polar surface area (TPSA) is 84.2 Å². The lowest BCUT2D eigenvalue weighted by atomic mass is 10.1.